The highest BCUT2D eigenvalue weighted by Gasteiger charge is 2.95. The van der Waals surface area contributed by atoms with Gasteiger partial charge in [0, 0.05) is 6.04 Å². The molecule has 3 heterocycles. The molecule has 26 heavy (non-hydrogen) atoms. The highest BCUT2D eigenvalue weighted by atomic mass is 16.2. The second-order valence-corrected chi connectivity index (χ2v) is 11.8. The highest BCUT2D eigenvalue weighted by molar-refractivity contribution is 5.42. The summed E-state index contributed by atoms with van der Waals surface area (Å²) in [7, 11) is 0. The van der Waals surface area contributed by atoms with E-state index in [4.69, 9.17) is 0 Å². The summed E-state index contributed by atoms with van der Waals surface area (Å²) in [5.74, 6) is 4.40. The Bertz CT molecular complexity index is 1060. The second-order valence-electron chi connectivity index (χ2n) is 11.8. The third-order valence-corrected chi connectivity index (χ3v) is 11.7. The number of aromatic nitrogens is 3. The number of nitrogens with zero attached hydrogens (tertiary/aromatic N) is 3. The van der Waals surface area contributed by atoms with E-state index in [0.717, 1.165) is 30.6 Å². The van der Waals surface area contributed by atoms with Crippen LogP contribution >= 0.6 is 0 Å². The Morgan fingerprint density at radius 2 is 1.65 bits per heavy atom. The zero-order chi connectivity index (χ0) is 17.7. The summed E-state index contributed by atoms with van der Waals surface area (Å²) in [4.78, 5) is 27.2. The van der Waals surface area contributed by atoms with Crippen molar-refractivity contribution in [1.82, 2.24) is 13.9 Å². The van der Waals surface area contributed by atoms with Crippen molar-refractivity contribution in [3.05, 3.63) is 21.0 Å². The van der Waals surface area contributed by atoms with Crippen LogP contribution in [0.25, 0.3) is 0 Å². The van der Waals surface area contributed by atoms with Gasteiger partial charge < -0.3 is 0 Å². The highest BCUT2D eigenvalue weighted by Crippen LogP contribution is 2.96. The average molecular weight is 353 g/mol. The van der Waals surface area contributed by atoms with E-state index in [2.05, 4.69) is 27.7 Å². The topological polar surface area (TPSA) is 48.9 Å². The minimum atomic E-state index is 0.0240. The SMILES string of the molecule is CC1(C)[C@H]2CC[C@@]1(C)[C@H](n1c(=O)n3n(c1=O)[C@@H]1[C@H]4[C@@H]5[C@@H]4[C@@H]4[C@@H]([C@@H]53)[C@]41C)C2. The van der Waals surface area contributed by atoms with Crippen molar-refractivity contribution in [2.45, 2.75) is 65.1 Å². The summed E-state index contributed by atoms with van der Waals surface area (Å²) >= 11 is 0. The van der Waals surface area contributed by atoms with Crippen LogP contribution in [0.2, 0.25) is 0 Å². The van der Waals surface area contributed by atoms with Crippen LogP contribution < -0.4 is 11.4 Å². The van der Waals surface area contributed by atoms with Gasteiger partial charge in [-0.2, -0.15) is 0 Å². The summed E-state index contributed by atoms with van der Waals surface area (Å²) in [5, 5.41) is 0. The molecule has 1 aromatic rings. The monoisotopic (exact) mass is 353 g/mol. The molecule has 0 unspecified atom stereocenters. The van der Waals surface area contributed by atoms with Crippen molar-refractivity contribution in [2.24, 2.45) is 51.8 Å². The van der Waals surface area contributed by atoms with Gasteiger partial charge >= 0.3 is 11.4 Å². The molecule has 11 atom stereocenters. The maximum atomic E-state index is 13.6. The van der Waals surface area contributed by atoms with Gasteiger partial charge in [0.2, 0.25) is 0 Å². The maximum Gasteiger partial charge on any atom is 0.347 e. The molecule has 9 rings (SSSR count). The van der Waals surface area contributed by atoms with Gasteiger partial charge in [-0.3, -0.25) is 0 Å². The lowest BCUT2D eigenvalue weighted by atomic mass is 9.69. The van der Waals surface area contributed by atoms with Crippen LogP contribution in [-0.4, -0.2) is 13.9 Å². The Hall–Kier alpha value is -1.26. The predicted molar refractivity (Wildman–Crippen MR) is 94.8 cm³/mol. The van der Waals surface area contributed by atoms with E-state index in [0.29, 0.717) is 35.3 Å². The first-order valence-electron chi connectivity index (χ1n) is 10.7. The molecule has 4 bridgehead atoms. The molecule has 6 fully saturated rings. The fraction of sp³-hybridized carbons (Fsp3) is 0.905. The molecule has 6 saturated carbocycles. The summed E-state index contributed by atoms with van der Waals surface area (Å²) in [5.41, 5.74) is 0.665. The van der Waals surface area contributed by atoms with Crippen molar-refractivity contribution in [1.29, 1.82) is 0 Å². The Kier molecular flexibility index (Phi) is 1.71. The van der Waals surface area contributed by atoms with E-state index in [-0.39, 0.29) is 28.3 Å². The molecule has 0 saturated heterocycles. The summed E-state index contributed by atoms with van der Waals surface area (Å²) in [6.07, 6.45) is 3.41. The lowest BCUT2D eigenvalue weighted by molar-refractivity contribution is 0.0636. The van der Waals surface area contributed by atoms with Crippen LogP contribution in [0.5, 0.6) is 0 Å². The van der Waals surface area contributed by atoms with Crippen LogP contribution in [0, 0.1) is 51.8 Å². The Morgan fingerprint density at radius 1 is 0.923 bits per heavy atom. The second kappa shape index (κ2) is 3.22. The zero-order valence-electron chi connectivity index (χ0n) is 16.0. The van der Waals surface area contributed by atoms with Gasteiger partial charge in [0.25, 0.3) is 0 Å². The smallest absolute Gasteiger partial charge is 0.246 e. The molecule has 138 valence electrons. The molecule has 0 radical (unpaired) electrons. The van der Waals surface area contributed by atoms with Gasteiger partial charge in [0.05, 0.1) is 12.1 Å². The van der Waals surface area contributed by atoms with Gasteiger partial charge in [-0.1, -0.05) is 27.7 Å². The maximum absolute atomic E-state index is 13.6. The molecular weight excluding hydrogens is 326 g/mol. The normalized spacial score (nSPS) is 62.7. The Morgan fingerprint density at radius 3 is 2.23 bits per heavy atom. The summed E-state index contributed by atoms with van der Waals surface area (Å²) < 4.78 is 5.67. The molecule has 1 aromatic heterocycles. The largest absolute Gasteiger partial charge is 0.347 e. The lowest BCUT2D eigenvalue weighted by Gasteiger charge is -2.41. The Labute approximate surface area is 152 Å². The molecule has 6 aliphatic carbocycles. The van der Waals surface area contributed by atoms with E-state index in [9.17, 15) is 9.59 Å². The standard InChI is InChI=1S/C21H27N3O2/c1-19(2)8-5-6-20(19,3)9(7-8)22-17(25)23-15-11-10-12(11)16(24(23)18(22)26)21(4)13(10)14(15)21/h8-16H,5-7H2,1-4H3/t8-,9+,10-,11-,12+,13+,14-,15+,16+,20-,21-/m0/s1. The Balaban J connectivity index is 1.38. The van der Waals surface area contributed by atoms with Gasteiger partial charge in [0.15, 0.2) is 0 Å². The molecule has 5 nitrogen and oxygen atoms in total. The van der Waals surface area contributed by atoms with Crippen molar-refractivity contribution in [3.63, 3.8) is 0 Å². The lowest BCUT2D eigenvalue weighted by Crippen LogP contribution is -2.48. The minimum Gasteiger partial charge on any atom is -0.246 e. The summed E-state index contributed by atoms with van der Waals surface area (Å²) in [6.45, 7) is 9.47. The zero-order valence-corrected chi connectivity index (χ0v) is 16.0. The van der Waals surface area contributed by atoms with E-state index in [1.165, 1.54) is 6.42 Å². The van der Waals surface area contributed by atoms with Crippen LogP contribution in [-0.2, 0) is 0 Å². The minimum absolute atomic E-state index is 0.0240. The first kappa shape index (κ1) is 13.8. The van der Waals surface area contributed by atoms with Crippen LogP contribution in [0.1, 0.15) is 65.1 Å². The molecule has 0 aromatic carbocycles. The first-order valence-corrected chi connectivity index (χ1v) is 10.7. The van der Waals surface area contributed by atoms with Crippen LogP contribution in [0.15, 0.2) is 9.59 Å². The predicted octanol–water partition coefficient (Wildman–Crippen LogP) is 2.44. The molecule has 5 heteroatoms. The van der Waals surface area contributed by atoms with E-state index in [1.54, 1.807) is 4.57 Å². The van der Waals surface area contributed by atoms with Crippen molar-refractivity contribution >= 4 is 0 Å². The van der Waals surface area contributed by atoms with E-state index in [1.807, 2.05) is 9.36 Å². The molecule has 0 N–H and O–H groups in total. The van der Waals surface area contributed by atoms with Crippen LogP contribution in [0.4, 0.5) is 0 Å². The third kappa shape index (κ3) is 0.926. The van der Waals surface area contributed by atoms with E-state index >= 15 is 0 Å². The van der Waals surface area contributed by atoms with Gasteiger partial charge in [0.1, 0.15) is 0 Å². The quantitative estimate of drug-likeness (QED) is 0.779. The van der Waals surface area contributed by atoms with Gasteiger partial charge in [-0.25, -0.2) is 23.5 Å². The molecular formula is C21H27N3O2. The van der Waals surface area contributed by atoms with E-state index < -0.39 is 0 Å². The summed E-state index contributed by atoms with van der Waals surface area (Å²) in [6, 6.07) is 0.748. The molecule has 8 aliphatic rings. The van der Waals surface area contributed by atoms with Crippen molar-refractivity contribution in [3.8, 4) is 0 Å². The first-order chi connectivity index (χ1) is 12.3. The van der Waals surface area contributed by atoms with Crippen molar-refractivity contribution in [2.75, 3.05) is 0 Å². The number of hydrogen-bond acceptors (Lipinski definition) is 2. The fourth-order valence-electron chi connectivity index (χ4n) is 10.2. The fourth-order valence-corrected chi connectivity index (χ4v) is 10.2. The number of hydrogen-bond donors (Lipinski definition) is 0. The van der Waals surface area contributed by atoms with Gasteiger partial charge in [-0.15, -0.1) is 0 Å². The molecule has 0 spiro atoms. The molecule has 0 amide bonds. The van der Waals surface area contributed by atoms with Gasteiger partial charge in [-0.05, 0) is 71.0 Å². The average Bonchev–Trinajstić information content (AvgIpc) is 3.26. The molecule has 2 aliphatic heterocycles. The van der Waals surface area contributed by atoms with Crippen molar-refractivity contribution < 1.29 is 0 Å². The number of rotatable bonds is 1. The number of fused-ring (bicyclic) bond motifs is 2. The third-order valence-electron chi connectivity index (χ3n) is 11.7. The van der Waals surface area contributed by atoms with Crippen LogP contribution in [0.3, 0.4) is 0 Å².